The first-order valence-electron chi connectivity index (χ1n) is 4.68. The Balaban J connectivity index is 2.82. The van der Waals surface area contributed by atoms with Crippen LogP contribution in [0, 0.1) is 0 Å². The number of alkyl halides is 1. The van der Waals surface area contributed by atoms with Gasteiger partial charge in [-0.15, -0.1) is 11.6 Å². The second-order valence-corrected chi connectivity index (χ2v) is 4.37. The van der Waals surface area contributed by atoms with Gasteiger partial charge in [0.25, 0.3) is 0 Å². The Hall–Kier alpha value is -0.250. The second kappa shape index (κ2) is 6.36. The van der Waals surface area contributed by atoms with Crippen LogP contribution in [0.5, 0.6) is 5.75 Å². The van der Waals surface area contributed by atoms with Gasteiger partial charge in [0.05, 0.1) is 17.0 Å². The highest BCUT2D eigenvalue weighted by Crippen LogP contribution is 2.30. The number of benzene rings is 1. The Morgan fingerprint density at radius 1 is 1.47 bits per heavy atom. The number of hydrogen-bond donors (Lipinski definition) is 0. The number of halogens is 2. The van der Waals surface area contributed by atoms with Crippen LogP contribution in [0.15, 0.2) is 22.7 Å². The molecule has 1 rings (SSSR count). The molecule has 1 unspecified atom stereocenters. The molecule has 0 aliphatic heterocycles. The maximum Gasteiger partial charge on any atom is 0.138 e. The van der Waals surface area contributed by atoms with Crippen LogP contribution < -0.4 is 4.74 Å². The predicted octanol–water partition coefficient (Wildman–Crippen LogP) is 3.60. The summed E-state index contributed by atoms with van der Waals surface area (Å²) in [6.07, 6.45) is 0.00988. The van der Waals surface area contributed by atoms with Gasteiger partial charge in [0.1, 0.15) is 11.9 Å². The molecule has 0 aliphatic carbocycles. The highest BCUT2D eigenvalue weighted by atomic mass is 79.9. The molecule has 0 spiro atoms. The Bertz CT molecular complexity index is 317. The minimum atomic E-state index is 0.00988. The standard InChI is InChI=1S/C11H14BrClO2/c1-8(7-14-2)15-11-9(6-13)4-3-5-10(11)12/h3-5,8H,6-7H2,1-2H3. The Labute approximate surface area is 104 Å². The van der Waals surface area contributed by atoms with Gasteiger partial charge < -0.3 is 9.47 Å². The first-order chi connectivity index (χ1) is 7.19. The first-order valence-corrected chi connectivity index (χ1v) is 6.00. The minimum Gasteiger partial charge on any atom is -0.487 e. The third kappa shape index (κ3) is 3.67. The summed E-state index contributed by atoms with van der Waals surface area (Å²) < 4.78 is 11.7. The summed E-state index contributed by atoms with van der Waals surface area (Å²) >= 11 is 9.28. The smallest absolute Gasteiger partial charge is 0.138 e. The number of rotatable bonds is 5. The van der Waals surface area contributed by atoms with Gasteiger partial charge in [-0.2, -0.15) is 0 Å². The largest absolute Gasteiger partial charge is 0.487 e. The molecule has 0 saturated carbocycles. The molecule has 0 aliphatic rings. The van der Waals surface area contributed by atoms with Gasteiger partial charge in [-0.3, -0.25) is 0 Å². The van der Waals surface area contributed by atoms with E-state index >= 15 is 0 Å². The molecule has 0 amide bonds. The Morgan fingerprint density at radius 2 is 2.20 bits per heavy atom. The van der Waals surface area contributed by atoms with E-state index in [2.05, 4.69) is 15.9 Å². The average molecular weight is 294 g/mol. The summed E-state index contributed by atoms with van der Waals surface area (Å²) in [6, 6.07) is 5.83. The second-order valence-electron chi connectivity index (χ2n) is 3.25. The van der Waals surface area contributed by atoms with Crippen molar-refractivity contribution in [3.05, 3.63) is 28.2 Å². The fourth-order valence-electron chi connectivity index (χ4n) is 1.26. The van der Waals surface area contributed by atoms with Crippen LogP contribution in [-0.2, 0) is 10.6 Å². The van der Waals surface area contributed by atoms with Crippen molar-refractivity contribution in [3.63, 3.8) is 0 Å². The van der Waals surface area contributed by atoms with Crippen LogP contribution in [0.2, 0.25) is 0 Å². The van der Waals surface area contributed by atoms with Crippen LogP contribution in [-0.4, -0.2) is 19.8 Å². The highest BCUT2D eigenvalue weighted by molar-refractivity contribution is 9.10. The molecule has 15 heavy (non-hydrogen) atoms. The van der Waals surface area contributed by atoms with E-state index < -0.39 is 0 Å². The Morgan fingerprint density at radius 3 is 2.80 bits per heavy atom. The van der Waals surface area contributed by atoms with E-state index in [1.54, 1.807) is 7.11 Å². The molecule has 1 atom stereocenters. The van der Waals surface area contributed by atoms with Gasteiger partial charge in [-0.1, -0.05) is 12.1 Å². The molecule has 84 valence electrons. The molecule has 0 heterocycles. The van der Waals surface area contributed by atoms with Gasteiger partial charge >= 0.3 is 0 Å². The molecular weight excluding hydrogens is 279 g/mol. The van der Waals surface area contributed by atoms with Crippen molar-refractivity contribution in [3.8, 4) is 5.75 Å². The van der Waals surface area contributed by atoms with Crippen LogP contribution >= 0.6 is 27.5 Å². The normalized spacial score (nSPS) is 12.5. The fraction of sp³-hybridized carbons (Fsp3) is 0.455. The van der Waals surface area contributed by atoms with Crippen LogP contribution in [0.3, 0.4) is 0 Å². The summed E-state index contributed by atoms with van der Waals surface area (Å²) in [4.78, 5) is 0. The quantitative estimate of drug-likeness (QED) is 0.772. The molecule has 0 saturated heterocycles. The lowest BCUT2D eigenvalue weighted by Crippen LogP contribution is -2.18. The van der Waals surface area contributed by atoms with Crippen molar-refractivity contribution in [1.82, 2.24) is 0 Å². The number of ether oxygens (including phenoxy) is 2. The molecular formula is C11H14BrClO2. The third-order valence-corrected chi connectivity index (χ3v) is 2.83. The van der Waals surface area contributed by atoms with Crippen molar-refractivity contribution in [2.45, 2.75) is 18.9 Å². The zero-order valence-electron chi connectivity index (χ0n) is 8.80. The monoisotopic (exact) mass is 292 g/mol. The van der Waals surface area contributed by atoms with Crippen molar-refractivity contribution < 1.29 is 9.47 Å². The van der Waals surface area contributed by atoms with E-state index in [0.717, 1.165) is 15.8 Å². The summed E-state index contributed by atoms with van der Waals surface area (Å²) in [5.74, 6) is 1.24. The summed E-state index contributed by atoms with van der Waals surface area (Å²) in [7, 11) is 1.66. The lowest BCUT2D eigenvalue weighted by molar-refractivity contribution is 0.0910. The van der Waals surface area contributed by atoms with Gasteiger partial charge in [0.15, 0.2) is 0 Å². The molecule has 1 aromatic carbocycles. The zero-order valence-corrected chi connectivity index (χ0v) is 11.1. The average Bonchev–Trinajstić information content (AvgIpc) is 2.21. The van der Waals surface area contributed by atoms with E-state index in [0.29, 0.717) is 12.5 Å². The van der Waals surface area contributed by atoms with Crippen LogP contribution in [0.1, 0.15) is 12.5 Å². The lowest BCUT2D eigenvalue weighted by atomic mass is 10.2. The SMILES string of the molecule is COCC(C)Oc1c(Br)cccc1CCl. The molecule has 0 fully saturated rings. The molecule has 4 heteroatoms. The molecule has 0 bridgehead atoms. The minimum absolute atomic E-state index is 0.00988. The number of hydrogen-bond acceptors (Lipinski definition) is 2. The summed E-state index contributed by atoms with van der Waals surface area (Å²) in [5, 5.41) is 0. The summed E-state index contributed by atoms with van der Waals surface area (Å²) in [5.41, 5.74) is 0.981. The van der Waals surface area contributed by atoms with Crippen molar-refractivity contribution >= 4 is 27.5 Å². The third-order valence-electron chi connectivity index (χ3n) is 1.91. The van der Waals surface area contributed by atoms with Crippen molar-refractivity contribution in [1.29, 1.82) is 0 Å². The van der Waals surface area contributed by atoms with Gasteiger partial charge in [0, 0.05) is 12.7 Å². The Kier molecular flexibility index (Phi) is 5.43. The van der Waals surface area contributed by atoms with Gasteiger partial charge in [0.2, 0.25) is 0 Å². The molecule has 0 radical (unpaired) electrons. The van der Waals surface area contributed by atoms with Gasteiger partial charge in [-0.25, -0.2) is 0 Å². The van der Waals surface area contributed by atoms with Crippen molar-refractivity contribution in [2.75, 3.05) is 13.7 Å². The maximum atomic E-state index is 5.83. The van der Waals surface area contributed by atoms with Gasteiger partial charge in [-0.05, 0) is 28.9 Å². The van der Waals surface area contributed by atoms with Crippen LogP contribution in [0.25, 0.3) is 0 Å². The fourth-order valence-corrected chi connectivity index (χ4v) is 1.97. The van der Waals surface area contributed by atoms with E-state index in [-0.39, 0.29) is 6.10 Å². The zero-order chi connectivity index (χ0) is 11.3. The van der Waals surface area contributed by atoms with E-state index in [4.69, 9.17) is 21.1 Å². The molecule has 0 N–H and O–H groups in total. The van der Waals surface area contributed by atoms with E-state index in [1.165, 1.54) is 0 Å². The predicted molar refractivity (Wildman–Crippen MR) is 65.7 cm³/mol. The molecule has 0 aromatic heterocycles. The number of para-hydroxylation sites is 1. The highest BCUT2D eigenvalue weighted by Gasteiger charge is 2.10. The van der Waals surface area contributed by atoms with E-state index in [1.807, 2.05) is 25.1 Å². The maximum absolute atomic E-state index is 5.83. The lowest BCUT2D eigenvalue weighted by Gasteiger charge is -2.17. The number of methoxy groups -OCH3 is 1. The van der Waals surface area contributed by atoms with E-state index in [9.17, 15) is 0 Å². The first kappa shape index (κ1) is 12.8. The van der Waals surface area contributed by atoms with Crippen LogP contribution in [0.4, 0.5) is 0 Å². The molecule has 1 aromatic rings. The van der Waals surface area contributed by atoms with Crippen molar-refractivity contribution in [2.24, 2.45) is 0 Å². The molecule has 2 nitrogen and oxygen atoms in total. The summed E-state index contributed by atoms with van der Waals surface area (Å²) in [6.45, 7) is 2.52. The topological polar surface area (TPSA) is 18.5 Å².